The Kier molecular flexibility index (Phi) is 6.03. The van der Waals surface area contributed by atoms with Crippen molar-refractivity contribution in [2.75, 3.05) is 19.7 Å². The van der Waals surface area contributed by atoms with Gasteiger partial charge in [-0.05, 0) is 35.2 Å². The highest BCUT2D eigenvalue weighted by Gasteiger charge is 2.50. The third-order valence-electron chi connectivity index (χ3n) is 6.33. The zero-order valence-corrected chi connectivity index (χ0v) is 19.5. The summed E-state index contributed by atoms with van der Waals surface area (Å²) in [5.74, 6) is 1.00. The van der Waals surface area contributed by atoms with Crippen molar-refractivity contribution in [3.8, 4) is 0 Å². The minimum atomic E-state index is -2.51. The Balaban J connectivity index is 1.67. The first-order valence-corrected chi connectivity index (χ1v) is 13.0. The fraction of sp³-hybridized carbons (Fsp3) is 0.440. The zero-order chi connectivity index (χ0) is 21.2. The number of fused-ring (bicyclic) bond motifs is 1. The monoisotopic (exact) mass is 420 g/mol. The first-order chi connectivity index (χ1) is 14.4. The molecule has 1 fully saturated rings. The Morgan fingerprint density at radius 2 is 1.57 bits per heavy atom. The molecule has 0 amide bonds. The minimum absolute atomic E-state index is 0.00885. The predicted octanol–water partition coefficient (Wildman–Crippen LogP) is 3.19. The van der Waals surface area contributed by atoms with Crippen molar-refractivity contribution in [3.05, 3.63) is 67.6 Å². The molecule has 2 aliphatic heterocycles. The van der Waals surface area contributed by atoms with Crippen LogP contribution in [0.15, 0.2) is 65.7 Å². The molecule has 0 unspecified atom stereocenters. The maximum atomic E-state index is 7.08. The Bertz CT molecular complexity index is 823. The van der Waals surface area contributed by atoms with Gasteiger partial charge in [-0.3, -0.25) is 0 Å². The summed E-state index contributed by atoms with van der Waals surface area (Å²) in [6.45, 7) is 13.9. The van der Waals surface area contributed by atoms with E-state index in [9.17, 15) is 0 Å². The molecule has 0 aromatic heterocycles. The average molecular weight is 421 g/mol. The molecule has 2 aromatic rings. The molecule has 2 heterocycles. The van der Waals surface area contributed by atoms with Gasteiger partial charge in [0.15, 0.2) is 5.96 Å². The number of hydrogen-bond acceptors (Lipinski definition) is 4. The summed E-state index contributed by atoms with van der Waals surface area (Å²) in [5, 5.41) is 6.09. The summed E-state index contributed by atoms with van der Waals surface area (Å²) in [7, 11) is -2.51. The SMILES string of the molecule is [CH2][C@@H]1CCN2CC[C@H](CO[Si](c3ccccc3)(c3ccccc3)C(C)(C)C)N=C2N1. The van der Waals surface area contributed by atoms with E-state index in [1.807, 2.05) is 0 Å². The van der Waals surface area contributed by atoms with Crippen LogP contribution in [0.3, 0.4) is 0 Å². The van der Waals surface area contributed by atoms with E-state index in [1.54, 1.807) is 0 Å². The number of nitrogens with zero attached hydrogens (tertiary/aromatic N) is 2. The number of guanidine groups is 1. The largest absolute Gasteiger partial charge is 0.405 e. The third kappa shape index (κ3) is 4.05. The molecule has 0 bridgehead atoms. The highest BCUT2D eigenvalue weighted by atomic mass is 28.4. The van der Waals surface area contributed by atoms with Gasteiger partial charge < -0.3 is 14.6 Å². The molecular weight excluding hydrogens is 386 g/mol. The first kappa shape index (κ1) is 21.1. The van der Waals surface area contributed by atoms with E-state index >= 15 is 0 Å². The Labute approximate surface area is 182 Å². The summed E-state index contributed by atoms with van der Waals surface area (Å²) < 4.78 is 7.08. The van der Waals surface area contributed by atoms with Gasteiger partial charge in [0.05, 0.1) is 12.6 Å². The summed E-state index contributed by atoms with van der Waals surface area (Å²) >= 11 is 0. The van der Waals surface area contributed by atoms with Gasteiger partial charge in [-0.25, -0.2) is 4.99 Å². The van der Waals surface area contributed by atoms with Crippen molar-refractivity contribution >= 4 is 24.7 Å². The number of rotatable bonds is 5. The summed E-state index contributed by atoms with van der Waals surface area (Å²) in [6, 6.07) is 22.1. The Morgan fingerprint density at radius 1 is 1.00 bits per heavy atom. The first-order valence-electron chi connectivity index (χ1n) is 11.1. The quantitative estimate of drug-likeness (QED) is 0.755. The summed E-state index contributed by atoms with van der Waals surface area (Å²) in [6.07, 6.45) is 2.10. The van der Waals surface area contributed by atoms with Gasteiger partial charge in [-0.1, -0.05) is 81.4 Å². The molecule has 0 aliphatic carbocycles. The van der Waals surface area contributed by atoms with Crippen LogP contribution in [0, 0.1) is 6.92 Å². The molecule has 1 N–H and O–H groups in total. The fourth-order valence-corrected chi connectivity index (χ4v) is 9.34. The standard InChI is InChI=1S/C25H34N3OSi/c1-20-15-17-28-18-16-21(27-24(28)26-20)19-29-30(25(2,3)4,22-11-7-5-8-12-22)23-13-9-6-10-14-23/h5-14,20-21H,1,15-19H2,2-4H3,(H,26,27)/t20-,21-/m1/s1. The second-order valence-electron chi connectivity index (χ2n) is 9.49. The average Bonchev–Trinajstić information content (AvgIpc) is 2.74. The lowest BCUT2D eigenvalue weighted by Gasteiger charge is -2.44. The molecule has 2 atom stereocenters. The van der Waals surface area contributed by atoms with Gasteiger partial charge in [0.2, 0.25) is 0 Å². The van der Waals surface area contributed by atoms with E-state index in [2.05, 4.69) is 98.6 Å². The molecule has 0 saturated carbocycles. The maximum Gasteiger partial charge on any atom is 0.261 e. The minimum Gasteiger partial charge on any atom is -0.405 e. The molecule has 1 radical (unpaired) electrons. The molecule has 2 aromatic carbocycles. The predicted molar refractivity (Wildman–Crippen MR) is 128 cm³/mol. The van der Waals surface area contributed by atoms with Crippen LogP contribution in [0.4, 0.5) is 0 Å². The van der Waals surface area contributed by atoms with Gasteiger partial charge in [0.25, 0.3) is 8.32 Å². The van der Waals surface area contributed by atoms with Crippen LogP contribution >= 0.6 is 0 Å². The van der Waals surface area contributed by atoms with Crippen molar-refractivity contribution in [1.82, 2.24) is 10.2 Å². The lowest BCUT2D eigenvalue weighted by Crippen LogP contribution is -2.67. The van der Waals surface area contributed by atoms with Crippen LogP contribution < -0.4 is 15.7 Å². The highest BCUT2D eigenvalue weighted by Crippen LogP contribution is 2.37. The van der Waals surface area contributed by atoms with Crippen molar-refractivity contribution in [2.24, 2.45) is 4.99 Å². The highest BCUT2D eigenvalue weighted by molar-refractivity contribution is 6.99. The van der Waals surface area contributed by atoms with Crippen molar-refractivity contribution in [1.29, 1.82) is 0 Å². The number of hydrogen-bond donors (Lipinski definition) is 1. The molecule has 4 nitrogen and oxygen atoms in total. The Hall–Kier alpha value is -2.11. The van der Waals surface area contributed by atoms with Crippen molar-refractivity contribution in [3.63, 3.8) is 0 Å². The van der Waals surface area contributed by atoms with Gasteiger partial charge in [-0.2, -0.15) is 0 Å². The van der Waals surface area contributed by atoms with E-state index < -0.39 is 8.32 Å². The van der Waals surface area contributed by atoms with E-state index in [0.717, 1.165) is 31.9 Å². The molecule has 2 aliphatic rings. The molecule has 5 heteroatoms. The second kappa shape index (κ2) is 8.56. The zero-order valence-electron chi connectivity index (χ0n) is 18.5. The van der Waals surface area contributed by atoms with Crippen LogP contribution in [0.1, 0.15) is 33.6 Å². The molecule has 4 rings (SSSR count). The van der Waals surface area contributed by atoms with Crippen LogP contribution in [-0.2, 0) is 4.43 Å². The van der Waals surface area contributed by atoms with Gasteiger partial charge >= 0.3 is 0 Å². The normalized spacial score (nSPS) is 22.1. The lowest BCUT2D eigenvalue weighted by atomic mass is 10.1. The molecular formula is C25H34N3OSi. The van der Waals surface area contributed by atoms with E-state index in [0.29, 0.717) is 6.61 Å². The third-order valence-corrected chi connectivity index (χ3v) is 11.3. The lowest BCUT2D eigenvalue weighted by molar-refractivity contribution is 0.234. The fourth-order valence-electron chi connectivity index (χ4n) is 4.75. The smallest absolute Gasteiger partial charge is 0.261 e. The summed E-state index contributed by atoms with van der Waals surface area (Å²) in [4.78, 5) is 7.36. The molecule has 159 valence electrons. The van der Waals surface area contributed by atoms with Crippen LogP contribution in [0.25, 0.3) is 0 Å². The molecule has 30 heavy (non-hydrogen) atoms. The van der Waals surface area contributed by atoms with Crippen molar-refractivity contribution in [2.45, 2.75) is 50.7 Å². The summed E-state index contributed by atoms with van der Waals surface area (Å²) in [5.41, 5.74) is 0. The van der Waals surface area contributed by atoms with E-state index in [-0.39, 0.29) is 17.1 Å². The topological polar surface area (TPSA) is 36.9 Å². The maximum absolute atomic E-state index is 7.08. The van der Waals surface area contributed by atoms with E-state index in [1.165, 1.54) is 10.4 Å². The van der Waals surface area contributed by atoms with Gasteiger partial charge in [0, 0.05) is 19.1 Å². The van der Waals surface area contributed by atoms with Crippen molar-refractivity contribution < 1.29 is 4.43 Å². The van der Waals surface area contributed by atoms with Crippen LogP contribution in [0.5, 0.6) is 0 Å². The molecule has 1 saturated heterocycles. The van der Waals surface area contributed by atoms with Crippen LogP contribution in [-0.4, -0.2) is 51.0 Å². The molecule has 0 spiro atoms. The second-order valence-corrected chi connectivity index (χ2v) is 13.8. The number of nitrogens with one attached hydrogen (secondary N) is 1. The van der Waals surface area contributed by atoms with E-state index in [4.69, 9.17) is 9.42 Å². The van der Waals surface area contributed by atoms with Gasteiger partial charge in [-0.15, -0.1) is 0 Å². The van der Waals surface area contributed by atoms with Gasteiger partial charge in [0.1, 0.15) is 0 Å². The Morgan fingerprint density at radius 3 is 2.13 bits per heavy atom. The number of aliphatic imine (C=N–C) groups is 1. The van der Waals surface area contributed by atoms with Crippen LogP contribution in [0.2, 0.25) is 5.04 Å². The number of benzene rings is 2.